The molecule has 0 unspecified atom stereocenters. The molecule has 0 bridgehead atoms. The van der Waals surface area contributed by atoms with Crippen molar-refractivity contribution in [2.24, 2.45) is 5.73 Å². The molecule has 4 nitrogen and oxygen atoms in total. The van der Waals surface area contributed by atoms with E-state index in [2.05, 4.69) is 5.32 Å². The van der Waals surface area contributed by atoms with Crippen LogP contribution >= 0.6 is 12.4 Å². The smallest absolute Gasteiger partial charge is 0.251 e. The Bertz CT molecular complexity index is 434. The Hall–Kier alpha value is -1.26. The van der Waals surface area contributed by atoms with Gasteiger partial charge in [-0.05, 0) is 50.8 Å². The number of carbonyl (C=O) groups excluding carboxylic acids is 1. The van der Waals surface area contributed by atoms with Crippen molar-refractivity contribution >= 4 is 18.3 Å². The van der Waals surface area contributed by atoms with E-state index in [0.29, 0.717) is 18.2 Å². The standard InChI is InChI=1S/C15H22N2O2.ClH/c1-11(10-16)17-15(18)12-5-4-8-14(9-12)19-13-6-2-3-7-13;/h4-5,8-9,11,13H,2-3,6-7,10,16H2,1H3,(H,17,18);1H/t11-;/m0./s1. The van der Waals surface area contributed by atoms with E-state index in [1.807, 2.05) is 19.1 Å². The number of rotatable bonds is 5. The highest BCUT2D eigenvalue weighted by molar-refractivity contribution is 5.94. The van der Waals surface area contributed by atoms with Crippen molar-refractivity contribution in [1.29, 1.82) is 0 Å². The SMILES string of the molecule is C[C@@H](CN)NC(=O)c1cccc(OC2CCCC2)c1.Cl. The van der Waals surface area contributed by atoms with Crippen LogP contribution in [0.2, 0.25) is 0 Å². The van der Waals surface area contributed by atoms with Crippen LogP contribution in [0.4, 0.5) is 0 Å². The minimum atomic E-state index is -0.102. The molecule has 1 amide bonds. The third kappa shape index (κ3) is 4.69. The van der Waals surface area contributed by atoms with E-state index in [0.717, 1.165) is 18.6 Å². The Morgan fingerprint density at radius 2 is 2.15 bits per heavy atom. The molecule has 0 aromatic heterocycles. The van der Waals surface area contributed by atoms with Gasteiger partial charge < -0.3 is 15.8 Å². The summed E-state index contributed by atoms with van der Waals surface area (Å²) in [6, 6.07) is 7.33. The first-order chi connectivity index (χ1) is 9.19. The number of hydrogen-bond donors (Lipinski definition) is 2. The minimum absolute atomic E-state index is 0. The van der Waals surface area contributed by atoms with E-state index in [1.165, 1.54) is 12.8 Å². The number of hydrogen-bond acceptors (Lipinski definition) is 3. The second-order valence-electron chi connectivity index (χ2n) is 5.16. The molecule has 1 aliphatic rings. The zero-order chi connectivity index (χ0) is 13.7. The van der Waals surface area contributed by atoms with Gasteiger partial charge in [-0.3, -0.25) is 4.79 Å². The van der Waals surface area contributed by atoms with Crippen LogP contribution in [0, 0.1) is 0 Å². The van der Waals surface area contributed by atoms with Crippen molar-refractivity contribution < 1.29 is 9.53 Å². The van der Waals surface area contributed by atoms with Crippen molar-refractivity contribution in [3.05, 3.63) is 29.8 Å². The van der Waals surface area contributed by atoms with Crippen LogP contribution in [0.25, 0.3) is 0 Å². The van der Waals surface area contributed by atoms with Gasteiger partial charge in [0.1, 0.15) is 5.75 Å². The summed E-state index contributed by atoms with van der Waals surface area (Å²) in [5.41, 5.74) is 6.12. The fourth-order valence-electron chi connectivity index (χ4n) is 2.28. The molecule has 112 valence electrons. The lowest BCUT2D eigenvalue weighted by Gasteiger charge is -2.15. The second-order valence-corrected chi connectivity index (χ2v) is 5.16. The predicted octanol–water partition coefficient (Wildman–Crippen LogP) is 2.51. The summed E-state index contributed by atoms with van der Waals surface area (Å²) >= 11 is 0. The Kier molecular flexibility index (Phi) is 6.82. The highest BCUT2D eigenvalue weighted by atomic mass is 35.5. The number of benzene rings is 1. The van der Waals surface area contributed by atoms with Crippen LogP contribution < -0.4 is 15.8 Å². The minimum Gasteiger partial charge on any atom is -0.490 e. The van der Waals surface area contributed by atoms with Gasteiger partial charge in [-0.2, -0.15) is 0 Å². The van der Waals surface area contributed by atoms with Gasteiger partial charge in [0, 0.05) is 18.2 Å². The summed E-state index contributed by atoms with van der Waals surface area (Å²) in [7, 11) is 0. The first kappa shape index (κ1) is 16.8. The molecule has 1 aliphatic carbocycles. The zero-order valence-electron chi connectivity index (χ0n) is 11.8. The number of halogens is 1. The summed E-state index contributed by atoms with van der Waals surface area (Å²) in [5.74, 6) is 0.676. The first-order valence-corrected chi connectivity index (χ1v) is 6.96. The van der Waals surface area contributed by atoms with E-state index in [1.54, 1.807) is 12.1 Å². The molecule has 1 aromatic rings. The quantitative estimate of drug-likeness (QED) is 0.878. The number of nitrogens with one attached hydrogen (secondary N) is 1. The van der Waals surface area contributed by atoms with Crippen molar-refractivity contribution in [3.8, 4) is 5.75 Å². The fraction of sp³-hybridized carbons (Fsp3) is 0.533. The topological polar surface area (TPSA) is 64.3 Å². The molecule has 0 aliphatic heterocycles. The summed E-state index contributed by atoms with van der Waals surface area (Å²) < 4.78 is 5.89. The van der Waals surface area contributed by atoms with Gasteiger partial charge >= 0.3 is 0 Å². The van der Waals surface area contributed by atoms with Crippen LogP contribution in [-0.2, 0) is 0 Å². The van der Waals surface area contributed by atoms with Crippen LogP contribution in [0.5, 0.6) is 5.75 Å². The van der Waals surface area contributed by atoms with E-state index >= 15 is 0 Å². The van der Waals surface area contributed by atoms with Gasteiger partial charge in [0.2, 0.25) is 0 Å². The lowest BCUT2D eigenvalue weighted by atomic mass is 10.2. The van der Waals surface area contributed by atoms with E-state index < -0.39 is 0 Å². The largest absolute Gasteiger partial charge is 0.490 e. The summed E-state index contributed by atoms with van der Waals surface area (Å²) in [4.78, 5) is 12.0. The summed E-state index contributed by atoms with van der Waals surface area (Å²) in [6.07, 6.45) is 5.00. The third-order valence-corrected chi connectivity index (χ3v) is 3.43. The van der Waals surface area contributed by atoms with Gasteiger partial charge in [0.15, 0.2) is 0 Å². The van der Waals surface area contributed by atoms with Crippen LogP contribution in [0.15, 0.2) is 24.3 Å². The summed E-state index contributed by atoms with van der Waals surface area (Å²) in [6.45, 7) is 2.32. The highest BCUT2D eigenvalue weighted by Crippen LogP contribution is 2.24. The molecule has 0 spiro atoms. The molecule has 0 heterocycles. The van der Waals surface area contributed by atoms with Crippen molar-refractivity contribution in [2.75, 3.05) is 6.54 Å². The molecule has 0 saturated heterocycles. The van der Waals surface area contributed by atoms with E-state index in [-0.39, 0.29) is 24.4 Å². The van der Waals surface area contributed by atoms with Crippen LogP contribution in [-0.4, -0.2) is 24.6 Å². The number of amides is 1. The van der Waals surface area contributed by atoms with Crippen molar-refractivity contribution in [2.45, 2.75) is 44.8 Å². The maximum absolute atomic E-state index is 12.0. The molecule has 1 fully saturated rings. The summed E-state index contributed by atoms with van der Waals surface area (Å²) in [5, 5.41) is 2.85. The fourth-order valence-corrected chi connectivity index (χ4v) is 2.28. The lowest BCUT2D eigenvalue weighted by Crippen LogP contribution is -2.37. The molecule has 3 N–H and O–H groups in total. The zero-order valence-corrected chi connectivity index (χ0v) is 12.6. The molecule has 1 atom stereocenters. The van der Waals surface area contributed by atoms with E-state index in [4.69, 9.17) is 10.5 Å². The van der Waals surface area contributed by atoms with Crippen LogP contribution in [0.1, 0.15) is 43.0 Å². The molecular formula is C15H23ClN2O2. The Morgan fingerprint density at radius 1 is 1.45 bits per heavy atom. The maximum atomic E-state index is 12.0. The molecule has 0 radical (unpaired) electrons. The molecule has 5 heteroatoms. The number of carbonyl (C=O) groups is 1. The highest BCUT2D eigenvalue weighted by Gasteiger charge is 2.17. The number of ether oxygens (including phenoxy) is 1. The monoisotopic (exact) mass is 298 g/mol. The average Bonchev–Trinajstić information content (AvgIpc) is 2.91. The molecule has 2 rings (SSSR count). The third-order valence-electron chi connectivity index (χ3n) is 3.43. The Morgan fingerprint density at radius 3 is 2.80 bits per heavy atom. The lowest BCUT2D eigenvalue weighted by molar-refractivity contribution is 0.0940. The number of nitrogens with two attached hydrogens (primary N) is 1. The van der Waals surface area contributed by atoms with Crippen molar-refractivity contribution in [1.82, 2.24) is 5.32 Å². The Labute approximate surface area is 126 Å². The van der Waals surface area contributed by atoms with Gasteiger partial charge in [-0.1, -0.05) is 6.07 Å². The van der Waals surface area contributed by atoms with E-state index in [9.17, 15) is 4.79 Å². The van der Waals surface area contributed by atoms with Crippen molar-refractivity contribution in [3.63, 3.8) is 0 Å². The molecule has 1 saturated carbocycles. The molecule has 20 heavy (non-hydrogen) atoms. The average molecular weight is 299 g/mol. The molecular weight excluding hydrogens is 276 g/mol. The normalized spacial score (nSPS) is 16.3. The van der Waals surface area contributed by atoms with Gasteiger partial charge in [0.25, 0.3) is 5.91 Å². The first-order valence-electron chi connectivity index (χ1n) is 6.96. The maximum Gasteiger partial charge on any atom is 0.251 e. The molecule has 1 aromatic carbocycles. The van der Waals surface area contributed by atoms with Crippen LogP contribution in [0.3, 0.4) is 0 Å². The van der Waals surface area contributed by atoms with Gasteiger partial charge in [-0.25, -0.2) is 0 Å². The van der Waals surface area contributed by atoms with Gasteiger partial charge in [0.05, 0.1) is 6.10 Å². The predicted molar refractivity (Wildman–Crippen MR) is 82.6 cm³/mol. The van der Waals surface area contributed by atoms with Gasteiger partial charge in [-0.15, -0.1) is 12.4 Å². The second kappa shape index (κ2) is 8.12. The Balaban J connectivity index is 0.00000200.